The maximum atomic E-state index is 13.8. The van der Waals surface area contributed by atoms with Crippen LogP contribution in [-0.2, 0) is 16.0 Å². The molecule has 1 N–H and O–H groups in total. The number of H-pyrrole nitrogens is 1. The molecule has 184 valence electrons. The molecule has 0 spiro atoms. The van der Waals surface area contributed by atoms with Gasteiger partial charge in [0.05, 0.1) is 20.8 Å². The maximum Gasteiger partial charge on any atom is 0.246 e. The first-order valence-electron chi connectivity index (χ1n) is 12.0. The van der Waals surface area contributed by atoms with E-state index in [1.165, 1.54) is 0 Å². The first kappa shape index (κ1) is 23.2. The van der Waals surface area contributed by atoms with Crippen LogP contribution in [0, 0.1) is 0 Å². The Labute approximate surface area is 205 Å². The summed E-state index contributed by atoms with van der Waals surface area (Å²) in [5, 5.41) is 1.08. The van der Waals surface area contributed by atoms with E-state index in [2.05, 4.69) is 16.0 Å². The van der Waals surface area contributed by atoms with Crippen LogP contribution in [0.4, 0.5) is 0 Å². The van der Waals surface area contributed by atoms with Crippen LogP contribution in [-0.4, -0.2) is 85.5 Å². The molecule has 2 aromatic carbocycles. The first-order valence-corrected chi connectivity index (χ1v) is 12.0. The van der Waals surface area contributed by atoms with Gasteiger partial charge in [-0.1, -0.05) is 18.2 Å². The van der Waals surface area contributed by atoms with Crippen molar-refractivity contribution < 1.29 is 19.1 Å². The number of carbonyl (C=O) groups is 2. The Bertz CT molecular complexity index is 1270. The van der Waals surface area contributed by atoms with Crippen molar-refractivity contribution in [2.75, 3.05) is 47.9 Å². The summed E-state index contributed by atoms with van der Waals surface area (Å²) in [5.41, 5.74) is 3.79. The van der Waals surface area contributed by atoms with Gasteiger partial charge in [0.25, 0.3) is 0 Å². The molecule has 5 rings (SSSR count). The molecule has 0 saturated carbocycles. The van der Waals surface area contributed by atoms with Crippen LogP contribution in [0.25, 0.3) is 10.9 Å². The highest BCUT2D eigenvalue weighted by molar-refractivity contribution is 5.97. The van der Waals surface area contributed by atoms with Gasteiger partial charge in [-0.2, -0.15) is 0 Å². The maximum absolute atomic E-state index is 13.8. The zero-order valence-electron chi connectivity index (χ0n) is 20.7. The molecule has 2 amide bonds. The van der Waals surface area contributed by atoms with Crippen LogP contribution in [0.15, 0.2) is 42.5 Å². The summed E-state index contributed by atoms with van der Waals surface area (Å²) < 4.78 is 11.2. The number of carbonyl (C=O) groups excluding carboxylic acids is 2. The summed E-state index contributed by atoms with van der Waals surface area (Å²) in [4.78, 5) is 36.6. The van der Waals surface area contributed by atoms with E-state index in [9.17, 15) is 9.59 Å². The van der Waals surface area contributed by atoms with Gasteiger partial charge in [-0.25, -0.2) is 0 Å². The lowest BCUT2D eigenvalue weighted by molar-refractivity contribution is -0.158. The number of fused-ring (bicyclic) bond motifs is 4. The van der Waals surface area contributed by atoms with Gasteiger partial charge < -0.3 is 29.2 Å². The second-order valence-electron chi connectivity index (χ2n) is 9.51. The Morgan fingerprint density at radius 3 is 2.63 bits per heavy atom. The van der Waals surface area contributed by atoms with E-state index in [0.29, 0.717) is 24.5 Å². The minimum Gasteiger partial charge on any atom is -0.497 e. The van der Waals surface area contributed by atoms with Gasteiger partial charge in [-0.3, -0.25) is 9.59 Å². The number of hydrogen-bond donors (Lipinski definition) is 1. The molecule has 3 heterocycles. The molecule has 0 bridgehead atoms. The van der Waals surface area contributed by atoms with Crippen LogP contribution in [0.1, 0.15) is 29.3 Å². The minimum absolute atomic E-state index is 0.00569. The van der Waals surface area contributed by atoms with Crippen molar-refractivity contribution in [3.8, 4) is 11.5 Å². The van der Waals surface area contributed by atoms with Gasteiger partial charge in [0.15, 0.2) is 0 Å². The summed E-state index contributed by atoms with van der Waals surface area (Å²) in [6.45, 7) is 1.52. The lowest BCUT2D eigenvalue weighted by Crippen LogP contribution is -2.63. The number of ether oxygens (including phenoxy) is 2. The monoisotopic (exact) mass is 476 g/mol. The predicted molar refractivity (Wildman–Crippen MR) is 134 cm³/mol. The van der Waals surface area contributed by atoms with Crippen molar-refractivity contribution in [3.05, 3.63) is 59.3 Å². The number of benzene rings is 2. The number of hydrogen-bond acceptors (Lipinski definition) is 5. The van der Waals surface area contributed by atoms with E-state index >= 15 is 0 Å². The molecular weight excluding hydrogens is 444 g/mol. The number of aromatic amines is 1. The number of piperazine rings is 1. The Morgan fingerprint density at radius 2 is 1.89 bits per heavy atom. The van der Waals surface area contributed by atoms with Gasteiger partial charge in [-0.15, -0.1) is 0 Å². The largest absolute Gasteiger partial charge is 0.497 e. The van der Waals surface area contributed by atoms with Crippen LogP contribution in [0.5, 0.6) is 11.5 Å². The third-order valence-electron chi connectivity index (χ3n) is 7.11. The second-order valence-corrected chi connectivity index (χ2v) is 9.51. The molecule has 1 aromatic heterocycles. The molecule has 0 radical (unpaired) electrons. The topological polar surface area (TPSA) is 78.1 Å². The van der Waals surface area contributed by atoms with Crippen molar-refractivity contribution >= 4 is 22.7 Å². The third kappa shape index (κ3) is 4.01. The SMILES string of the molecule is COc1ccc(OC)c([C@H]2c3[nH]c4ccccc4c3C[C@H]3C(=O)N(CCCN(C)C)CC(=O)N23)c1. The average molecular weight is 477 g/mol. The van der Waals surface area contributed by atoms with Crippen molar-refractivity contribution in [2.24, 2.45) is 0 Å². The third-order valence-corrected chi connectivity index (χ3v) is 7.11. The Balaban J connectivity index is 1.63. The van der Waals surface area contributed by atoms with Crippen LogP contribution < -0.4 is 9.47 Å². The van der Waals surface area contributed by atoms with Gasteiger partial charge in [-0.05, 0) is 56.9 Å². The number of rotatable bonds is 7. The van der Waals surface area contributed by atoms with Crippen molar-refractivity contribution in [1.82, 2.24) is 19.7 Å². The summed E-state index contributed by atoms with van der Waals surface area (Å²) in [6, 6.07) is 12.6. The normalized spacial score (nSPS) is 19.8. The van der Waals surface area contributed by atoms with Crippen LogP contribution in [0.2, 0.25) is 0 Å². The summed E-state index contributed by atoms with van der Waals surface area (Å²) in [6.07, 6.45) is 1.31. The fourth-order valence-corrected chi connectivity index (χ4v) is 5.47. The number of para-hydroxylation sites is 1. The highest BCUT2D eigenvalue weighted by atomic mass is 16.5. The summed E-state index contributed by atoms with van der Waals surface area (Å²) >= 11 is 0. The molecule has 0 unspecified atom stereocenters. The first-order chi connectivity index (χ1) is 16.9. The highest BCUT2D eigenvalue weighted by Crippen LogP contribution is 2.45. The Hall–Kier alpha value is -3.52. The highest BCUT2D eigenvalue weighted by Gasteiger charge is 2.48. The lowest BCUT2D eigenvalue weighted by Gasteiger charge is -2.47. The van der Waals surface area contributed by atoms with Crippen molar-refractivity contribution in [2.45, 2.75) is 24.9 Å². The Kier molecular flexibility index (Phi) is 6.15. The quantitative estimate of drug-likeness (QED) is 0.568. The zero-order chi connectivity index (χ0) is 24.7. The number of methoxy groups -OCH3 is 2. The van der Waals surface area contributed by atoms with E-state index in [-0.39, 0.29) is 18.4 Å². The Morgan fingerprint density at radius 1 is 1.09 bits per heavy atom. The predicted octanol–water partition coefficient (Wildman–Crippen LogP) is 2.82. The van der Waals surface area contributed by atoms with Gasteiger partial charge in [0.1, 0.15) is 23.6 Å². The molecule has 8 heteroatoms. The van der Waals surface area contributed by atoms with Crippen LogP contribution >= 0.6 is 0 Å². The van der Waals surface area contributed by atoms with Gasteiger partial charge in [0, 0.05) is 35.1 Å². The van der Waals surface area contributed by atoms with Crippen LogP contribution in [0.3, 0.4) is 0 Å². The smallest absolute Gasteiger partial charge is 0.246 e. The van der Waals surface area contributed by atoms with E-state index in [4.69, 9.17) is 9.47 Å². The molecule has 2 aliphatic heterocycles. The van der Waals surface area contributed by atoms with Gasteiger partial charge >= 0.3 is 0 Å². The fraction of sp³-hybridized carbons (Fsp3) is 0.407. The standard InChI is InChI=1S/C27H32N4O4/c1-29(2)12-7-13-30-16-24(32)31-22(27(30)33)15-19-18-8-5-6-9-21(18)28-25(19)26(31)20-14-17(34-3)10-11-23(20)35-4/h5-6,8-11,14,22,26,28H,7,12-13,15-16H2,1-4H3/t22-,26-/m0/s1. The van der Waals surface area contributed by atoms with E-state index in [1.807, 2.05) is 50.5 Å². The molecule has 8 nitrogen and oxygen atoms in total. The lowest BCUT2D eigenvalue weighted by atomic mass is 9.85. The van der Waals surface area contributed by atoms with Gasteiger partial charge in [0.2, 0.25) is 11.8 Å². The average Bonchev–Trinajstić information content (AvgIpc) is 3.23. The zero-order valence-corrected chi connectivity index (χ0v) is 20.7. The summed E-state index contributed by atoms with van der Waals surface area (Å²) in [5.74, 6) is 1.26. The molecule has 1 fully saturated rings. The van der Waals surface area contributed by atoms with Crippen molar-refractivity contribution in [3.63, 3.8) is 0 Å². The number of nitrogens with one attached hydrogen (secondary N) is 1. The fourth-order valence-electron chi connectivity index (χ4n) is 5.47. The molecule has 35 heavy (non-hydrogen) atoms. The minimum atomic E-state index is -0.566. The van der Waals surface area contributed by atoms with E-state index < -0.39 is 12.1 Å². The number of amides is 2. The molecule has 3 aromatic rings. The van der Waals surface area contributed by atoms with Crippen molar-refractivity contribution in [1.29, 1.82) is 0 Å². The molecular formula is C27H32N4O4. The molecule has 1 saturated heterocycles. The molecule has 2 aliphatic rings. The number of nitrogens with zero attached hydrogens (tertiary/aromatic N) is 3. The molecule has 0 aliphatic carbocycles. The molecule has 2 atom stereocenters. The summed E-state index contributed by atoms with van der Waals surface area (Å²) in [7, 11) is 7.26. The van der Waals surface area contributed by atoms with E-state index in [1.54, 1.807) is 24.0 Å². The van der Waals surface area contributed by atoms with E-state index in [0.717, 1.165) is 40.7 Å². The second kappa shape index (κ2) is 9.26. The number of aromatic nitrogens is 1.